The molecule has 0 radical (unpaired) electrons. The standard InChI is InChI=1S/C19H18.CH5N/c1-4-6-16(5-2)17-11-13-19(14-12-17)18-9-7-15(3)8-10-18;1-2/h4-14H,1-2H2,3H3;2H2,1H3/b16-6+;. The molecule has 0 atom stereocenters. The zero-order valence-electron chi connectivity index (χ0n) is 12.8. The van der Waals surface area contributed by atoms with Crippen molar-refractivity contribution in [3.63, 3.8) is 0 Å². The van der Waals surface area contributed by atoms with Crippen LogP contribution in [0.2, 0.25) is 0 Å². The average Bonchev–Trinajstić information content (AvgIpc) is 2.55. The minimum Gasteiger partial charge on any atom is -0.333 e. The maximum atomic E-state index is 4.50. The zero-order chi connectivity index (χ0) is 15.7. The van der Waals surface area contributed by atoms with Crippen LogP contribution in [0.5, 0.6) is 0 Å². The Kier molecular flexibility index (Phi) is 6.93. The summed E-state index contributed by atoms with van der Waals surface area (Å²) in [5, 5.41) is 0. The highest BCUT2D eigenvalue weighted by molar-refractivity contribution is 5.76. The molecule has 0 aliphatic heterocycles. The van der Waals surface area contributed by atoms with Gasteiger partial charge in [0.1, 0.15) is 0 Å². The lowest BCUT2D eigenvalue weighted by Crippen LogP contribution is -1.82. The Balaban J connectivity index is 0.00000106. The number of nitrogens with two attached hydrogens (primary N) is 1. The van der Waals surface area contributed by atoms with E-state index in [1.54, 1.807) is 6.08 Å². The highest BCUT2D eigenvalue weighted by Crippen LogP contribution is 2.23. The molecule has 2 aromatic carbocycles. The summed E-state index contributed by atoms with van der Waals surface area (Å²) >= 11 is 0. The molecular weight excluding hydrogens is 254 g/mol. The van der Waals surface area contributed by atoms with Crippen molar-refractivity contribution in [2.75, 3.05) is 7.05 Å². The molecule has 2 N–H and O–H groups in total. The molecular formula is C20H23N. The SMILES string of the molecule is C=C/C=C(\C=C)c1ccc(-c2ccc(C)cc2)cc1.CN. The van der Waals surface area contributed by atoms with Gasteiger partial charge in [0.05, 0.1) is 0 Å². The van der Waals surface area contributed by atoms with Crippen molar-refractivity contribution in [2.24, 2.45) is 5.73 Å². The van der Waals surface area contributed by atoms with Crippen LogP contribution in [0.4, 0.5) is 0 Å². The highest BCUT2D eigenvalue weighted by atomic mass is 14.4. The molecule has 0 aliphatic carbocycles. The van der Waals surface area contributed by atoms with Crippen molar-refractivity contribution in [3.8, 4) is 11.1 Å². The predicted octanol–water partition coefficient (Wildman–Crippen LogP) is 4.99. The van der Waals surface area contributed by atoms with Gasteiger partial charge in [0.15, 0.2) is 0 Å². The van der Waals surface area contributed by atoms with Gasteiger partial charge in [-0.2, -0.15) is 0 Å². The molecule has 1 heteroatoms. The Hall–Kier alpha value is -2.38. The molecule has 0 saturated heterocycles. The van der Waals surface area contributed by atoms with Crippen LogP contribution in [0, 0.1) is 6.92 Å². The smallest absolute Gasteiger partial charge is 0.0184 e. The number of hydrogen-bond acceptors (Lipinski definition) is 1. The minimum absolute atomic E-state index is 1.09. The molecule has 0 bridgehead atoms. The fourth-order valence-electron chi connectivity index (χ4n) is 2.01. The van der Waals surface area contributed by atoms with Gasteiger partial charge in [-0.1, -0.05) is 85.5 Å². The summed E-state index contributed by atoms with van der Waals surface area (Å²) in [6.07, 6.45) is 5.60. The lowest BCUT2D eigenvalue weighted by atomic mass is 9.99. The van der Waals surface area contributed by atoms with Crippen molar-refractivity contribution < 1.29 is 0 Å². The van der Waals surface area contributed by atoms with Crippen LogP contribution in [-0.4, -0.2) is 7.05 Å². The second kappa shape index (κ2) is 8.72. The number of hydrogen-bond donors (Lipinski definition) is 1. The van der Waals surface area contributed by atoms with Crippen molar-refractivity contribution in [1.82, 2.24) is 0 Å². The Labute approximate surface area is 128 Å². The van der Waals surface area contributed by atoms with Crippen LogP contribution in [0.25, 0.3) is 16.7 Å². The summed E-state index contributed by atoms with van der Waals surface area (Å²) in [5.74, 6) is 0. The maximum absolute atomic E-state index is 4.50. The first-order valence-corrected chi connectivity index (χ1v) is 6.95. The van der Waals surface area contributed by atoms with E-state index in [2.05, 4.69) is 74.3 Å². The second-order valence-corrected chi connectivity index (χ2v) is 4.51. The van der Waals surface area contributed by atoms with Gasteiger partial charge in [0.2, 0.25) is 0 Å². The van der Waals surface area contributed by atoms with E-state index in [0.717, 1.165) is 11.1 Å². The molecule has 0 fully saturated rings. The molecule has 0 amide bonds. The van der Waals surface area contributed by atoms with E-state index in [1.807, 2.05) is 12.2 Å². The topological polar surface area (TPSA) is 26.0 Å². The molecule has 0 saturated carbocycles. The third-order valence-electron chi connectivity index (χ3n) is 3.12. The van der Waals surface area contributed by atoms with E-state index in [4.69, 9.17) is 0 Å². The molecule has 0 heterocycles. The summed E-state index contributed by atoms with van der Waals surface area (Å²) in [5.41, 5.74) is 10.5. The predicted molar refractivity (Wildman–Crippen MR) is 95.1 cm³/mol. The van der Waals surface area contributed by atoms with Crippen molar-refractivity contribution in [2.45, 2.75) is 6.92 Å². The van der Waals surface area contributed by atoms with Crippen LogP contribution < -0.4 is 5.73 Å². The number of allylic oxidation sites excluding steroid dienone is 4. The maximum Gasteiger partial charge on any atom is -0.0184 e. The van der Waals surface area contributed by atoms with E-state index in [1.165, 1.54) is 23.7 Å². The fraction of sp³-hybridized carbons (Fsp3) is 0.100. The first-order valence-electron chi connectivity index (χ1n) is 6.95. The van der Waals surface area contributed by atoms with Crippen LogP contribution in [0.15, 0.2) is 79.9 Å². The fourth-order valence-corrected chi connectivity index (χ4v) is 2.01. The number of aryl methyl sites for hydroxylation is 1. The normalized spacial score (nSPS) is 10.3. The van der Waals surface area contributed by atoms with Gasteiger partial charge in [0, 0.05) is 0 Å². The lowest BCUT2D eigenvalue weighted by Gasteiger charge is -2.05. The molecule has 0 spiro atoms. The Morgan fingerprint density at radius 3 is 1.76 bits per heavy atom. The highest BCUT2D eigenvalue weighted by Gasteiger charge is 1.99. The average molecular weight is 277 g/mol. The monoisotopic (exact) mass is 277 g/mol. The number of benzene rings is 2. The van der Waals surface area contributed by atoms with E-state index in [0.29, 0.717) is 0 Å². The van der Waals surface area contributed by atoms with Crippen molar-refractivity contribution in [1.29, 1.82) is 0 Å². The summed E-state index contributed by atoms with van der Waals surface area (Å²) in [6, 6.07) is 17.1. The van der Waals surface area contributed by atoms with E-state index in [9.17, 15) is 0 Å². The molecule has 0 aromatic heterocycles. The Morgan fingerprint density at radius 2 is 1.33 bits per heavy atom. The number of rotatable bonds is 4. The summed E-state index contributed by atoms with van der Waals surface area (Å²) < 4.78 is 0. The van der Waals surface area contributed by atoms with E-state index >= 15 is 0 Å². The minimum atomic E-state index is 1.09. The van der Waals surface area contributed by atoms with E-state index in [-0.39, 0.29) is 0 Å². The summed E-state index contributed by atoms with van der Waals surface area (Å²) in [7, 11) is 1.50. The molecule has 0 aliphatic rings. The second-order valence-electron chi connectivity index (χ2n) is 4.51. The van der Waals surface area contributed by atoms with Gasteiger partial charge in [-0.25, -0.2) is 0 Å². The third kappa shape index (κ3) is 4.59. The molecule has 108 valence electrons. The van der Waals surface area contributed by atoms with Crippen LogP contribution in [0.1, 0.15) is 11.1 Å². The zero-order valence-corrected chi connectivity index (χ0v) is 12.8. The van der Waals surface area contributed by atoms with E-state index < -0.39 is 0 Å². The van der Waals surface area contributed by atoms with Gasteiger partial charge < -0.3 is 5.73 Å². The first-order chi connectivity index (χ1) is 10.2. The Morgan fingerprint density at radius 1 is 0.857 bits per heavy atom. The Bertz CT molecular complexity index is 601. The van der Waals surface area contributed by atoms with Gasteiger partial charge in [-0.15, -0.1) is 0 Å². The summed E-state index contributed by atoms with van der Waals surface area (Å²) in [6.45, 7) is 9.65. The van der Waals surface area contributed by atoms with Crippen molar-refractivity contribution >= 4 is 5.57 Å². The van der Waals surface area contributed by atoms with Gasteiger partial charge in [-0.3, -0.25) is 0 Å². The van der Waals surface area contributed by atoms with Crippen molar-refractivity contribution in [3.05, 3.63) is 91.0 Å². The van der Waals surface area contributed by atoms with Gasteiger partial charge in [-0.05, 0) is 36.2 Å². The molecule has 21 heavy (non-hydrogen) atoms. The quantitative estimate of drug-likeness (QED) is 0.783. The van der Waals surface area contributed by atoms with Crippen LogP contribution in [0.3, 0.4) is 0 Å². The molecule has 2 rings (SSSR count). The van der Waals surface area contributed by atoms with Gasteiger partial charge >= 0.3 is 0 Å². The molecule has 1 nitrogen and oxygen atoms in total. The first kappa shape index (κ1) is 16.7. The molecule has 0 unspecified atom stereocenters. The van der Waals surface area contributed by atoms with Gasteiger partial charge in [0.25, 0.3) is 0 Å². The molecule has 2 aromatic rings. The van der Waals surface area contributed by atoms with Crippen LogP contribution in [-0.2, 0) is 0 Å². The third-order valence-corrected chi connectivity index (χ3v) is 3.12. The van der Waals surface area contributed by atoms with Crippen LogP contribution >= 0.6 is 0 Å². The largest absolute Gasteiger partial charge is 0.333 e. The lowest BCUT2D eigenvalue weighted by molar-refractivity contribution is 1.47. The summed E-state index contributed by atoms with van der Waals surface area (Å²) in [4.78, 5) is 0.